The van der Waals surface area contributed by atoms with Crippen molar-refractivity contribution in [2.75, 3.05) is 25.0 Å². The van der Waals surface area contributed by atoms with E-state index in [4.69, 9.17) is 0 Å². The van der Waals surface area contributed by atoms with Gasteiger partial charge in [0.15, 0.2) is 0 Å². The van der Waals surface area contributed by atoms with Crippen molar-refractivity contribution >= 4 is 11.7 Å². The van der Waals surface area contributed by atoms with E-state index < -0.39 is 0 Å². The molecule has 5 heteroatoms. The molecular formula is C14H24N4O. The second kappa shape index (κ2) is 7.74. The van der Waals surface area contributed by atoms with Crippen molar-refractivity contribution in [2.24, 2.45) is 0 Å². The van der Waals surface area contributed by atoms with Crippen LogP contribution in [0.4, 0.5) is 5.82 Å². The van der Waals surface area contributed by atoms with Gasteiger partial charge < -0.3 is 15.5 Å². The first-order chi connectivity index (χ1) is 9.06. The lowest BCUT2D eigenvalue weighted by Gasteiger charge is -2.21. The Hall–Kier alpha value is -1.62. The number of pyridine rings is 1. The highest BCUT2D eigenvalue weighted by molar-refractivity contribution is 5.80. The molecule has 0 aliphatic heterocycles. The summed E-state index contributed by atoms with van der Waals surface area (Å²) in [6.07, 6.45) is 1.86. The monoisotopic (exact) mass is 264 g/mol. The van der Waals surface area contributed by atoms with Gasteiger partial charge in [-0.25, -0.2) is 4.98 Å². The molecule has 19 heavy (non-hydrogen) atoms. The minimum atomic E-state index is -0.00537. The molecule has 0 aromatic carbocycles. The Morgan fingerprint density at radius 3 is 2.63 bits per heavy atom. The first kappa shape index (κ1) is 15.4. The first-order valence-electron chi connectivity index (χ1n) is 6.70. The minimum Gasteiger partial charge on any atom is -0.358 e. The number of rotatable bonds is 7. The molecule has 0 saturated carbocycles. The quantitative estimate of drug-likeness (QED) is 0.776. The van der Waals surface area contributed by atoms with Crippen LogP contribution in [0.5, 0.6) is 0 Å². The average Bonchev–Trinajstić information content (AvgIpc) is 2.42. The summed E-state index contributed by atoms with van der Waals surface area (Å²) in [6, 6.07) is 4.47. The van der Waals surface area contributed by atoms with Crippen molar-refractivity contribution in [3.05, 3.63) is 23.9 Å². The number of carbonyl (C=O) groups is 1. The van der Waals surface area contributed by atoms with E-state index in [0.717, 1.165) is 24.5 Å². The number of amides is 1. The SMILES string of the molecule is CCN(CC(=O)NC)c1ccc(CNC(C)C)cn1. The molecule has 1 aromatic heterocycles. The normalized spacial score (nSPS) is 10.6. The number of hydrogen-bond acceptors (Lipinski definition) is 4. The number of carbonyl (C=O) groups excluding carboxylic acids is 1. The van der Waals surface area contributed by atoms with Crippen LogP contribution in [0.2, 0.25) is 0 Å². The lowest BCUT2D eigenvalue weighted by molar-refractivity contribution is -0.119. The van der Waals surface area contributed by atoms with Gasteiger partial charge in [0.2, 0.25) is 5.91 Å². The number of aromatic nitrogens is 1. The Kier molecular flexibility index (Phi) is 6.29. The highest BCUT2D eigenvalue weighted by atomic mass is 16.1. The summed E-state index contributed by atoms with van der Waals surface area (Å²) >= 11 is 0. The maximum absolute atomic E-state index is 11.4. The molecule has 0 bridgehead atoms. The van der Waals surface area contributed by atoms with Gasteiger partial charge in [0.05, 0.1) is 6.54 Å². The molecule has 0 fully saturated rings. The molecule has 0 unspecified atom stereocenters. The molecule has 0 saturated heterocycles. The fraction of sp³-hybridized carbons (Fsp3) is 0.571. The van der Waals surface area contributed by atoms with Crippen molar-refractivity contribution in [1.29, 1.82) is 0 Å². The molecule has 0 spiro atoms. The maximum atomic E-state index is 11.4. The van der Waals surface area contributed by atoms with Crippen molar-refractivity contribution in [2.45, 2.75) is 33.4 Å². The van der Waals surface area contributed by atoms with E-state index >= 15 is 0 Å². The Morgan fingerprint density at radius 1 is 1.42 bits per heavy atom. The number of likely N-dealkylation sites (N-methyl/N-ethyl adjacent to an activating group) is 2. The van der Waals surface area contributed by atoms with Gasteiger partial charge in [-0.05, 0) is 18.6 Å². The molecule has 0 radical (unpaired) electrons. The third kappa shape index (κ3) is 5.26. The first-order valence-corrected chi connectivity index (χ1v) is 6.70. The van der Waals surface area contributed by atoms with Gasteiger partial charge in [0, 0.05) is 32.4 Å². The standard InChI is InChI=1S/C14H24N4O/c1-5-18(10-14(19)15-4)13-7-6-12(9-17-13)8-16-11(2)3/h6-7,9,11,16H,5,8,10H2,1-4H3,(H,15,19). The lowest BCUT2D eigenvalue weighted by atomic mass is 10.2. The molecule has 1 aromatic rings. The maximum Gasteiger partial charge on any atom is 0.239 e. The van der Waals surface area contributed by atoms with E-state index in [0.29, 0.717) is 12.6 Å². The van der Waals surface area contributed by atoms with E-state index in [1.807, 2.05) is 30.2 Å². The van der Waals surface area contributed by atoms with Crippen molar-refractivity contribution in [1.82, 2.24) is 15.6 Å². The minimum absolute atomic E-state index is 0.00537. The van der Waals surface area contributed by atoms with Gasteiger partial charge in [-0.15, -0.1) is 0 Å². The van der Waals surface area contributed by atoms with Crippen LogP contribution in [0.15, 0.2) is 18.3 Å². The predicted molar refractivity (Wildman–Crippen MR) is 78.2 cm³/mol. The molecule has 2 N–H and O–H groups in total. The van der Waals surface area contributed by atoms with Gasteiger partial charge in [0.25, 0.3) is 0 Å². The highest BCUT2D eigenvalue weighted by Gasteiger charge is 2.09. The van der Waals surface area contributed by atoms with Crippen LogP contribution in [-0.4, -0.2) is 37.1 Å². The molecule has 1 heterocycles. The summed E-state index contributed by atoms with van der Waals surface area (Å²) < 4.78 is 0. The Bertz CT molecular complexity index is 389. The molecule has 1 rings (SSSR count). The summed E-state index contributed by atoms with van der Waals surface area (Å²) in [6.45, 7) is 8.15. The lowest BCUT2D eigenvalue weighted by Crippen LogP contribution is -2.36. The van der Waals surface area contributed by atoms with Gasteiger partial charge in [-0.2, -0.15) is 0 Å². The summed E-state index contributed by atoms with van der Waals surface area (Å²) in [4.78, 5) is 17.8. The molecule has 0 atom stereocenters. The van der Waals surface area contributed by atoms with Crippen LogP contribution in [0.1, 0.15) is 26.3 Å². The summed E-state index contributed by atoms with van der Waals surface area (Å²) in [5, 5.41) is 5.97. The second-order valence-electron chi connectivity index (χ2n) is 4.75. The average molecular weight is 264 g/mol. The summed E-state index contributed by atoms with van der Waals surface area (Å²) in [5.41, 5.74) is 1.15. The zero-order valence-corrected chi connectivity index (χ0v) is 12.2. The van der Waals surface area contributed by atoms with Crippen LogP contribution >= 0.6 is 0 Å². The van der Waals surface area contributed by atoms with Gasteiger partial charge >= 0.3 is 0 Å². The van der Waals surface area contributed by atoms with E-state index in [1.54, 1.807) is 7.05 Å². The Balaban J connectivity index is 2.65. The van der Waals surface area contributed by atoms with Crippen LogP contribution in [0, 0.1) is 0 Å². The van der Waals surface area contributed by atoms with Crippen LogP contribution in [0.3, 0.4) is 0 Å². The molecule has 106 valence electrons. The Labute approximate surface area is 115 Å². The zero-order valence-electron chi connectivity index (χ0n) is 12.2. The molecule has 0 aliphatic rings. The fourth-order valence-corrected chi connectivity index (χ4v) is 1.64. The topological polar surface area (TPSA) is 57.3 Å². The highest BCUT2D eigenvalue weighted by Crippen LogP contribution is 2.11. The number of anilines is 1. The number of nitrogens with zero attached hydrogens (tertiary/aromatic N) is 2. The van der Waals surface area contributed by atoms with Crippen LogP contribution < -0.4 is 15.5 Å². The predicted octanol–water partition coefficient (Wildman–Crippen LogP) is 1.15. The number of nitrogens with one attached hydrogen (secondary N) is 2. The second-order valence-corrected chi connectivity index (χ2v) is 4.75. The summed E-state index contributed by atoms with van der Waals surface area (Å²) in [5.74, 6) is 0.827. The van der Waals surface area contributed by atoms with Crippen molar-refractivity contribution < 1.29 is 4.79 Å². The van der Waals surface area contributed by atoms with E-state index in [1.165, 1.54) is 0 Å². The molecule has 0 aliphatic carbocycles. The fourth-order valence-electron chi connectivity index (χ4n) is 1.64. The van der Waals surface area contributed by atoms with E-state index in [2.05, 4.69) is 29.5 Å². The summed E-state index contributed by atoms with van der Waals surface area (Å²) in [7, 11) is 1.64. The zero-order chi connectivity index (χ0) is 14.3. The van der Waals surface area contributed by atoms with Gasteiger partial charge in [0.1, 0.15) is 5.82 Å². The van der Waals surface area contributed by atoms with Gasteiger partial charge in [-0.1, -0.05) is 19.9 Å². The molecule has 5 nitrogen and oxygen atoms in total. The van der Waals surface area contributed by atoms with E-state index in [9.17, 15) is 4.79 Å². The third-order valence-electron chi connectivity index (χ3n) is 2.84. The van der Waals surface area contributed by atoms with Gasteiger partial charge in [-0.3, -0.25) is 4.79 Å². The van der Waals surface area contributed by atoms with Crippen molar-refractivity contribution in [3.63, 3.8) is 0 Å². The van der Waals surface area contributed by atoms with Crippen LogP contribution in [0.25, 0.3) is 0 Å². The number of hydrogen-bond donors (Lipinski definition) is 2. The van der Waals surface area contributed by atoms with E-state index in [-0.39, 0.29) is 5.91 Å². The van der Waals surface area contributed by atoms with Crippen LogP contribution in [-0.2, 0) is 11.3 Å². The smallest absolute Gasteiger partial charge is 0.239 e. The van der Waals surface area contributed by atoms with Crippen molar-refractivity contribution in [3.8, 4) is 0 Å². The third-order valence-corrected chi connectivity index (χ3v) is 2.84. The largest absolute Gasteiger partial charge is 0.358 e. The molecular weight excluding hydrogens is 240 g/mol. The molecule has 1 amide bonds. The Morgan fingerprint density at radius 2 is 2.16 bits per heavy atom.